The predicted octanol–water partition coefficient (Wildman–Crippen LogP) is 1.41. The third kappa shape index (κ3) is 4.08. The van der Waals surface area contributed by atoms with Gasteiger partial charge in [0.25, 0.3) is 11.5 Å². The van der Waals surface area contributed by atoms with Crippen molar-refractivity contribution in [2.24, 2.45) is 7.05 Å². The van der Waals surface area contributed by atoms with Crippen LogP contribution in [0.2, 0.25) is 0 Å². The van der Waals surface area contributed by atoms with E-state index in [1.165, 1.54) is 22.9 Å². The summed E-state index contributed by atoms with van der Waals surface area (Å²) in [6, 6.07) is 6.65. The summed E-state index contributed by atoms with van der Waals surface area (Å²) in [6.45, 7) is 0.375. The summed E-state index contributed by atoms with van der Waals surface area (Å²) in [5, 5.41) is 6.83. The SMILES string of the molecule is Cn1cc(-n2cc(C(=O)NC/C=C/c3cccnc3)ccc2=O)cn1. The highest BCUT2D eigenvalue weighted by Crippen LogP contribution is 2.05. The number of pyridine rings is 2. The van der Waals surface area contributed by atoms with E-state index in [4.69, 9.17) is 0 Å². The van der Waals surface area contributed by atoms with Crippen LogP contribution in [0.5, 0.6) is 0 Å². The van der Waals surface area contributed by atoms with Gasteiger partial charge in [-0.05, 0) is 17.7 Å². The first-order chi connectivity index (χ1) is 12.1. The second-order valence-electron chi connectivity index (χ2n) is 5.40. The minimum Gasteiger partial charge on any atom is -0.349 e. The van der Waals surface area contributed by atoms with Gasteiger partial charge in [0.15, 0.2) is 0 Å². The summed E-state index contributed by atoms with van der Waals surface area (Å²) >= 11 is 0. The smallest absolute Gasteiger partial charge is 0.255 e. The number of amides is 1. The number of hydrogen-bond donors (Lipinski definition) is 1. The van der Waals surface area contributed by atoms with E-state index >= 15 is 0 Å². The maximum Gasteiger partial charge on any atom is 0.255 e. The highest BCUT2D eigenvalue weighted by molar-refractivity contribution is 5.94. The van der Waals surface area contributed by atoms with Gasteiger partial charge in [-0.3, -0.25) is 23.8 Å². The lowest BCUT2D eigenvalue weighted by Crippen LogP contribution is -2.26. The van der Waals surface area contributed by atoms with E-state index in [2.05, 4.69) is 15.4 Å². The van der Waals surface area contributed by atoms with Gasteiger partial charge in [-0.15, -0.1) is 0 Å². The van der Waals surface area contributed by atoms with E-state index in [0.29, 0.717) is 17.8 Å². The fourth-order valence-corrected chi connectivity index (χ4v) is 2.28. The fraction of sp³-hybridized carbons (Fsp3) is 0.111. The molecule has 25 heavy (non-hydrogen) atoms. The van der Waals surface area contributed by atoms with E-state index in [-0.39, 0.29) is 11.5 Å². The second kappa shape index (κ2) is 7.39. The molecule has 3 rings (SSSR count). The molecule has 0 aliphatic heterocycles. The number of carbonyl (C=O) groups excluding carboxylic acids is 1. The van der Waals surface area contributed by atoms with Gasteiger partial charge < -0.3 is 5.32 Å². The van der Waals surface area contributed by atoms with E-state index < -0.39 is 0 Å². The van der Waals surface area contributed by atoms with E-state index in [1.807, 2.05) is 24.3 Å². The van der Waals surface area contributed by atoms with Crippen molar-refractivity contribution in [3.8, 4) is 5.69 Å². The zero-order chi connectivity index (χ0) is 17.6. The summed E-state index contributed by atoms with van der Waals surface area (Å²) in [7, 11) is 1.76. The Balaban J connectivity index is 1.68. The van der Waals surface area contributed by atoms with Crippen LogP contribution in [0, 0.1) is 0 Å². The van der Waals surface area contributed by atoms with Crippen molar-refractivity contribution in [2.75, 3.05) is 6.54 Å². The Kier molecular flexibility index (Phi) is 4.84. The van der Waals surface area contributed by atoms with Crippen LogP contribution in [0.1, 0.15) is 15.9 Å². The molecule has 0 saturated carbocycles. The number of nitrogens with zero attached hydrogens (tertiary/aromatic N) is 4. The Labute approximate surface area is 144 Å². The van der Waals surface area contributed by atoms with Crippen LogP contribution in [0.3, 0.4) is 0 Å². The molecule has 0 fully saturated rings. The van der Waals surface area contributed by atoms with Crippen molar-refractivity contribution >= 4 is 12.0 Å². The van der Waals surface area contributed by atoms with Crippen molar-refractivity contribution in [3.63, 3.8) is 0 Å². The molecule has 0 bridgehead atoms. The molecule has 0 aromatic carbocycles. The molecule has 0 aliphatic rings. The monoisotopic (exact) mass is 335 g/mol. The van der Waals surface area contributed by atoms with Gasteiger partial charge in [0, 0.05) is 44.4 Å². The molecule has 0 spiro atoms. The van der Waals surface area contributed by atoms with Crippen LogP contribution in [-0.4, -0.2) is 31.8 Å². The molecule has 0 atom stereocenters. The average Bonchev–Trinajstić information content (AvgIpc) is 3.06. The molecule has 0 saturated heterocycles. The predicted molar refractivity (Wildman–Crippen MR) is 94.4 cm³/mol. The maximum absolute atomic E-state index is 12.3. The molecule has 3 aromatic rings. The van der Waals surface area contributed by atoms with Gasteiger partial charge >= 0.3 is 0 Å². The third-order valence-electron chi connectivity index (χ3n) is 3.52. The van der Waals surface area contributed by atoms with E-state index in [1.54, 1.807) is 36.5 Å². The van der Waals surface area contributed by atoms with Crippen molar-refractivity contribution in [3.05, 3.63) is 82.8 Å². The molecule has 3 aromatic heterocycles. The standard InChI is InChI=1S/C18H17N5O2/c1-22-13-16(11-21-22)23-12-15(6-7-17(23)24)18(25)20-9-3-5-14-4-2-8-19-10-14/h2-8,10-13H,9H2,1H3,(H,20,25)/b5-3+. The topological polar surface area (TPSA) is 81.8 Å². The molecule has 7 nitrogen and oxygen atoms in total. The normalized spacial score (nSPS) is 10.9. The molecular weight excluding hydrogens is 318 g/mol. The summed E-state index contributed by atoms with van der Waals surface area (Å²) < 4.78 is 2.99. The fourth-order valence-electron chi connectivity index (χ4n) is 2.28. The summed E-state index contributed by atoms with van der Waals surface area (Å²) in [6.07, 6.45) is 12.0. The van der Waals surface area contributed by atoms with Gasteiger partial charge in [0.1, 0.15) is 0 Å². The first kappa shape index (κ1) is 16.4. The Morgan fingerprint density at radius 1 is 1.24 bits per heavy atom. The third-order valence-corrected chi connectivity index (χ3v) is 3.52. The molecule has 3 heterocycles. The van der Waals surface area contributed by atoms with Gasteiger partial charge in [-0.1, -0.05) is 18.2 Å². The van der Waals surface area contributed by atoms with Crippen LogP contribution in [0.4, 0.5) is 0 Å². The lowest BCUT2D eigenvalue weighted by molar-refractivity contribution is 0.0957. The Morgan fingerprint density at radius 2 is 2.12 bits per heavy atom. The van der Waals surface area contributed by atoms with E-state index in [0.717, 1.165) is 5.56 Å². The molecule has 126 valence electrons. The lowest BCUT2D eigenvalue weighted by atomic mass is 10.2. The zero-order valence-electron chi connectivity index (χ0n) is 13.7. The highest BCUT2D eigenvalue weighted by Gasteiger charge is 2.08. The number of hydrogen-bond acceptors (Lipinski definition) is 4. The molecule has 0 unspecified atom stereocenters. The first-order valence-electron chi connectivity index (χ1n) is 7.70. The summed E-state index contributed by atoms with van der Waals surface area (Å²) in [5.74, 6) is -0.256. The largest absolute Gasteiger partial charge is 0.349 e. The van der Waals surface area contributed by atoms with Crippen LogP contribution < -0.4 is 10.9 Å². The van der Waals surface area contributed by atoms with Gasteiger partial charge in [-0.25, -0.2) is 0 Å². The number of aryl methyl sites for hydroxylation is 1. The van der Waals surface area contributed by atoms with Crippen molar-refractivity contribution in [1.29, 1.82) is 0 Å². The van der Waals surface area contributed by atoms with Crippen LogP contribution in [-0.2, 0) is 7.05 Å². The molecule has 0 aliphatic carbocycles. The maximum atomic E-state index is 12.3. The Hall–Kier alpha value is -3.48. The Bertz CT molecular complexity index is 957. The molecule has 1 N–H and O–H groups in total. The number of aromatic nitrogens is 4. The van der Waals surface area contributed by atoms with Crippen molar-refractivity contribution in [1.82, 2.24) is 24.6 Å². The highest BCUT2D eigenvalue weighted by atomic mass is 16.2. The lowest BCUT2D eigenvalue weighted by Gasteiger charge is -2.06. The minimum absolute atomic E-state index is 0.221. The van der Waals surface area contributed by atoms with Crippen molar-refractivity contribution in [2.45, 2.75) is 0 Å². The average molecular weight is 335 g/mol. The van der Waals surface area contributed by atoms with Gasteiger partial charge in [0.05, 0.1) is 17.4 Å². The summed E-state index contributed by atoms with van der Waals surface area (Å²) in [4.78, 5) is 28.3. The Morgan fingerprint density at radius 3 is 2.84 bits per heavy atom. The second-order valence-corrected chi connectivity index (χ2v) is 5.40. The van der Waals surface area contributed by atoms with Crippen molar-refractivity contribution < 1.29 is 4.79 Å². The van der Waals surface area contributed by atoms with Crippen LogP contribution in [0.25, 0.3) is 11.8 Å². The van der Waals surface area contributed by atoms with Gasteiger partial charge in [-0.2, -0.15) is 5.10 Å². The number of nitrogens with one attached hydrogen (secondary N) is 1. The number of carbonyl (C=O) groups is 1. The molecule has 0 radical (unpaired) electrons. The van der Waals surface area contributed by atoms with Crippen LogP contribution in [0.15, 0.2) is 66.1 Å². The molecule has 1 amide bonds. The number of rotatable bonds is 5. The van der Waals surface area contributed by atoms with Crippen LogP contribution >= 0.6 is 0 Å². The quantitative estimate of drug-likeness (QED) is 0.764. The van der Waals surface area contributed by atoms with E-state index in [9.17, 15) is 9.59 Å². The molecular formula is C18H17N5O2. The van der Waals surface area contributed by atoms with Gasteiger partial charge in [0.2, 0.25) is 0 Å². The zero-order valence-corrected chi connectivity index (χ0v) is 13.7. The first-order valence-corrected chi connectivity index (χ1v) is 7.70. The summed E-state index contributed by atoms with van der Waals surface area (Å²) in [5.41, 5.74) is 1.75. The minimum atomic E-state index is -0.256. The molecule has 7 heteroatoms.